The van der Waals surface area contributed by atoms with Gasteiger partial charge in [-0.1, -0.05) is 32.0 Å². The van der Waals surface area contributed by atoms with Gasteiger partial charge in [0.25, 0.3) is 0 Å². The van der Waals surface area contributed by atoms with Crippen molar-refractivity contribution in [2.45, 2.75) is 40.3 Å². The van der Waals surface area contributed by atoms with Crippen LogP contribution in [0.25, 0.3) is 0 Å². The third-order valence-electron chi connectivity index (χ3n) is 3.07. The summed E-state index contributed by atoms with van der Waals surface area (Å²) in [7, 11) is 0. The van der Waals surface area contributed by atoms with E-state index in [-0.39, 0.29) is 0 Å². The van der Waals surface area contributed by atoms with Crippen LogP contribution in [0.2, 0.25) is 0 Å². The van der Waals surface area contributed by atoms with Gasteiger partial charge in [0.1, 0.15) is 11.5 Å². The fourth-order valence-electron chi connectivity index (χ4n) is 2.13. The van der Waals surface area contributed by atoms with Crippen molar-refractivity contribution in [1.29, 1.82) is 0 Å². The first-order chi connectivity index (χ1) is 9.52. The van der Waals surface area contributed by atoms with Crippen LogP contribution in [0.15, 0.2) is 42.5 Å². The summed E-state index contributed by atoms with van der Waals surface area (Å²) in [5, 5.41) is 3.41. The van der Waals surface area contributed by atoms with E-state index >= 15 is 0 Å². The molecule has 0 saturated heterocycles. The number of nitrogens with one attached hydrogen (secondary N) is 1. The van der Waals surface area contributed by atoms with E-state index in [1.54, 1.807) is 0 Å². The predicted octanol–water partition coefficient (Wildman–Crippen LogP) is 4.59. The van der Waals surface area contributed by atoms with Crippen molar-refractivity contribution in [3.05, 3.63) is 59.2 Å². The van der Waals surface area contributed by atoms with Gasteiger partial charge in [0.2, 0.25) is 0 Å². The molecule has 0 aliphatic carbocycles. The summed E-state index contributed by atoms with van der Waals surface area (Å²) in [6, 6.07) is 15.0. The molecular weight excluding hydrogens is 246 g/mol. The number of rotatable bonds is 5. The van der Waals surface area contributed by atoms with Crippen molar-refractivity contribution in [3.63, 3.8) is 0 Å². The van der Waals surface area contributed by atoms with Crippen molar-refractivity contribution >= 4 is 0 Å². The summed E-state index contributed by atoms with van der Waals surface area (Å²) in [4.78, 5) is 0. The van der Waals surface area contributed by atoms with Crippen LogP contribution >= 0.6 is 0 Å². The molecule has 106 valence electrons. The molecule has 2 rings (SSSR count). The summed E-state index contributed by atoms with van der Waals surface area (Å²) in [6.07, 6.45) is 0. The molecule has 0 aromatic heterocycles. The SMILES string of the molecule is Cc1cc(C)cc(Oc2ccc(CNC(C)C)cc2)c1. The van der Waals surface area contributed by atoms with Crippen molar-refractivity contribution in [2.75, 3.05) is 0 Å². The average molecular weight is 269 g/mol. The van der Waals surface area contributed by atoms with Crippen LogP contribution in [0.1, 0.15) is 30.5 Å². The molecule has 0 aliphatic rings. The fraction of sp³-hybridized carbons (Fsp3) is 0.333. The lowest BCUT2D eigenvalue weighted by Gasteiger charge is -2.10. The molecule has 0 radical (unpaired) electrons. The van der Waals surface area contributed by atoms with Crippen LogP contribution in [-0.4, -0.2) is 6.04 Å². The van der Waals surface area contributed by atoms with E-state index in [1.807, 2.05) is 12.1 Å². The average Bonchev–Trinajstić information content (AvgIpc) is 2.36. The summed E-state index contributed by atoms with van der Waals surface area (Å²) < 4.78 is 5.90. The Balaban J connectivity index is 2.03. The van der Waals surface area contributed by atoms with E-state index in [4.69, 9.17) is 4.74 Å². The van der Waals surface area contributed by atoms with Gasteiger partial charge in [-0.2, -0.15) is 0 Å². The number of hydrogen-bond donors (Lipinski definition) is 1. The van der Waals surface area contributed by atoms with E-state index in [0.717, 1.165) is 18.0 Å². The highest BCUT2D eigenvalue weighted by atomic mass is 16.5. The Morgan fingerprint density at radius 1 is 0.900 bits per heavy atom. The molecule has 0 unspecified atom stereocenters. The van der Waals surface area contributed by atoms with Crippen LogP contribution in [0.5, 0.6) is 11.5 Å². The van der Waals surface area contributed by atoms with E-state index in [2.05, 4.69) is 63.3 Å². The van der Waals surface area contributed by atoms with Crippen LogP contribution in [-0.2, 0) is 6.54 Å². The van der Waals surface area contributed by atoms with E-state index in [1.165, 1.54) is 16.7 Å². The summed E-state index contributed by atoms with van der Waals surface area (Å²) >= 11 is 0. The molecule has 2 aromatic carbocycles. The molecule has 0 bridgehead atoms. The maximum absolute atomic E-state index is 5.90. The summed E-state index contributed by atoms with van der Waals surface area (Å²) in [5.74, 6) is 1.78. The minimum atomic E-state index is 0.501. The second-order valence-corrected chi connectivity index (χ2v) is 5.61. The molecule has 0 spiro atoms. The van der Waals surface area contributed by atoms with Gasteiger partial charge in [0, 0.05) is 12.6 Å². The number of benzene rings is 2. The Labute approximate surface area is 121 Å². The Morgan fingerprint density at radius 2 is 1.50 bits per heavy atom. The van der Waals surface area contributed by atoms with E-state index in [9.17, 15) is 0 Å². The maximum atomic E-state index is 5.90. The fourth-order valence-corrected chi connectivity index (χ4v) is 2.13. The second-order valence-electron chi connectivity index (χ2n) is 5.61. The minimum Gasteiger partial charge on any atom is -0.457 e. The lowest BCUT2D eigenvalue weighted by Crippen LogP contribution is -2.21. The van der Waals surface area contributed by atoms with Crippen molar-refractivity contribution in [3.8, 4) is 11.5 Å². The first-order valence-corrected chi connectivity index (χ1v) is 7.11. The first-order valence-electron chi connectivity index (χ1n) is 7.11. The predicted molar refractivity (Wildman–Crippen MR) is 84.4 cm³/mol. The van der Waals surface area contributed by atoms with E-state index < -0.39 is 0 Å². The van der Waals surface area contributed by atoms with Crippen LogP contribution in [0.4, 0.5) is 0 Å². The minimum absolute atomic E-state index is 0.501. The highest BCUT2D eigenvalue weighted by Gasteiger charge is 2.00. The molecule has 2 heteroatoms. The van der Waals surface area contributed by atoms with Crippen LogP contribution in [0, 0.1) is 13.8 Å². The summed E-state index contributed by atoms with van der Waals surface area (Å²) in [5.41, 5.74) is 3.71. The Morgan fingerprint density at radius 3 is 2.05 bits per heavy atom. The zero-order valence-electron chi connectivity index (χ0n) is 12.7. The largest absolute Gasteiger partial charge is 0.457 e. The third kappa shape index (κ3) is 4.39. The molecule has 20 heavy (non-hydrogen) atoms. The topological polar surface area (TPSA) is 21.3 Å². The zero-order valence-corrected chi connectivity index (χ0v) is 12.7. The van der Waals surface area contributed by atoms with Crippen molar-refractivity contribution in [1.82, 2.24) is 5.32 Å². The van der Waals surface area contributed by atoms with Crippen LogP contribution < -0.4 is 10.1 Å². The molecule has 1 N–H and O–H groups in total. The lowest BCUT2D eigenvalue weighted by molar-refractivity contribution is 0.481. The standard InChI is InChI=1S/C18H23NO/c1-13(2)19-12-16-5-7-17(8-6-16)20-18-10-14(3)9-15(4)11-18/h5-11,13,19H,12H2,1-4H3. The van der Waals surface area contributed by atoms with Gasteiger partial charge >= 0.3 is 0 Å². The Hall–Kier alpha value is -1.80. The normalized spacial score (nSPS) is 10.8. The monoisotopic (exact) mass is 269 g/mol. The molecule has 0 amide bonds. The van der Waals surface area contributed by atoms with Gasteiger partial charge in [-0.15, -0.1) is 0 Å². The molecule has 0 fully saturated rings. The molecule has 0 atom stereocenters. The molecule has 0 heterocycles. The lowest BCUT2D eigenvalue weighted by atomic mass is 10.1. The first kappa shape index (κ1) is 14.6. The number of aryl methyl sites for hydroxylation is 2. The number of hydrogen-bond acceptors (Lipinski definition) is 2. The molecular formula is C18H23NO. The van der Waals surface area contributed by atoms with Gasteiger partial charge in [0.15, 0.2) is 0 Å². The van der Waals surface area contributed by atoms with E-state index in [0.29, 0.717) is 6.04 Å². The zero-order chi connectivity index (χ0) is 14.5. The molecule has 0 saturated carbocycles. The van der Waals surface area contributed by atoms with Crippen LogP contribution in [0.3, 0.4) is 0 Å². The highest BCUT2D eigenvalue weighted by Crippen LogP contribution is 2.24. The molecule has 2 aromatic rings. The second kappa shape index (κ2) is 6.58. The number of ether oxygens (including phenoxy) is 1. The van der Waals surface area contributed by atoms with Gasteiger partial charge < -0.3 is 10.1 Å². The quantitative estimate of drug-likeness (QED) is 0.857. The van der Waals surface area contributed by atoms with Gasteiger partial charge in [-0.05, 0) is 54.8 Å². The van der Waals surface area contributed by atoms with Crippen molar-refractivity contribution in [2.24, 2.45) is 0 Å². The highest BCUT2D eigenvalue weighted by molar-refractivity contribution is 5.37. The van der Waals surface area contributed by atoms with Gasteiger partial charge in [0.05, 0.1) is 0 Å². The van der Waals surface area contributed by atoms with Gasteiger partial charge in [-0.3, -0.25) is 0 Å². The molecule has 2 nitrogen and oxygen atoms in total. The third-order valence-corrected chi connectivity index (χ3v) is 3.07. The maximum Gasteiger partial charge on any atom is 0.127 e. The van der Waals surface area contributed by atoms with Crippen molar-refractivity contribution < 1.29 is 4.74 Å². The molecule has 0 aliphatic heterocycles. The van der Waals surface area contributed by atoms with Gasteiger partial charge in [-0.25, -0.2) is 0 Å². The summed E-state index contributed by atoms with van der Waals surface area (Å²) in [6.45, 7) is 9.36. The Bertz CT molecular complexity index is 538. The smallest absolute Gasteiger partial charge is 0.127 e. The Kier molecular flexibility index (Phi) is 4.80.